The first-order chi connectivity index (χ1) is 20.6. The van der Waals surface area contributed by atoms with E-state index in [0.29, 0.717) is 34.8 Å². The van der Waals surface area contributed by atoms with E-state index in [9.17, 15) is 10.1 Å². The number of rotatable bonds is 5. The normalized spacial score (nSPS) is 15.1. The van der Waals surface area contributed by atoms with Gasteiger partial charge in [0.05, 0.1) is 28.9 Å². The topological polar surface area (TPSA) is 113 Å². The molecule has 0 saturated carbocycles. The number of nitrogens with zero attached hydrogens (tertiary/aromatic N) is 7. The molecule has 7 rings (SSSR count). The standard InChI is InChI=1S/C31H23FN8OS/c32-25-15-21(40-30-26(37-38-40)4-2-13-35-30)9-10-23(25)31(41)39(22-3-1-12-34-18-22)29-24-16-28(42-27(24)11-14-36-29)20-7-5-19(17-33)6-8-20/h2,4-11,13-16,22,34H,1,3,12,18H2/t22-/m1/s1. The molecule has 206 valence electrons. The van der Waals surface area contributed by atoms with Gasteiger partial charge in [-0.1, -0.05) is 17.3 Å². The lowest BCUT2D eigenvalue weighted by Gasteiger charge is -2.34. The summed E-state index contributed by atoms with van der Waals surface area (Å²) in [7, 11) is 0. The van der Waals surface area contributed by atoms with Gasteiger partial charge in [0.15, 0.2) is 5.65 Å². The molecule has 1 saturated heterocycles. The number of nitrogens with one attached hydrogen (secondary N) is 1. The summed E-state index contributed by atoms with van der Waals surface area (Å²) in [6.07, 6.45) is 4.96. The maximum Gasteiger partial charge on any atom is 0.262 e. The van der Waals surface area contributed by atoms with E-state index in [0.717, 1.165) is 39.9 Å². The first-order valence-corrected chi connectivity index (χ1v) is 14.3. The summed E-state index contributed by atoms with van der Waals surface area (Å²) in [4.78, 5) is 25.8. The molecule has 1 aliphatic rings. The number of benzene rings is 2. The number of hydrogen-bond acceptors (Lipinski definition) is 8. The second-order valence-electron chi connectivity index (χ2n) is 10.0. The molecular formula is C31H23FN8OS. The lowest BCUT2D eigenvalue weighted by Crippen LogP contribution is -2.49. The van der Waals surface area contributed by atoms with Crippen LogP contribution in [0.25, 0.3) is 37.4 Å². The molecule has 11 heteroatoms. The quantitative estimate of drug-likeness (QED) is 0.289. The molecule has 42 heavy (non-hydrogen) atoms. The Hall–Kier alpha value is -5.05. The second-order valence-corrected chi connectivity index (χ2v) is 11.1. The fraction of sp³-hybridized carbons (Fsp3) is 0.161. The Morgan fingerprint density at radius 3 is 2.76 bits per heavy atom. The fourth-order valence-corrected chi connectivity index (χ4v) is 6.42. The highest BCUT2D eigenvalue weighted by Crippen LogP contribution is 2.39. The molecule has 1 fully saturated rings. The molecule has 4 aromatic heterocycles. The highest BCUT2D eigenvalue weighted by molar-refractivity contribution is 7.22. The van der Waals surface area contributed by atoms with Gasteiger partial charge in [-0.3, -0.25) is 9.69 Å². The van der Waals surface area contributed by atoms with Crippen LogP contribution in [0.3, 0.4) is 0 Å². The Morgan fingerprint density at radius 2 is 1.98 bits per heavy atom. The summed E-state index contributed by atoms with van der Waals surface area (Å²) in [5.74, 6) is -0.626. The maximum absolute atomic E-state index is 15.8. The van der Waals surface area contributed by atoms with Crippen LogP contribution < -0.4 is 10.2 Å². The zero-order valence-electron chi connectivity index (χ0n) is 22.2. The van der Waals surface area contributed by atoms with Gasteiger partial charge in [0.25, 0.3) is 5.91 Å². The van der Waals surface area contributed by atoms with E-state index in [2.05, 4.69) is 31.7 Å². The van der Waals surface area contributed by atoms with Crippen LogP contribution in [-0.4, -0.2) is 50.0 Å². The summed E-state index contributed by atoms with van der Waals surface area (Å²) < 4.78 is 18.2. The summed E-state index contributed by atoms with van der Waals surface area (Å²) in [5.41, 5.74) is 3.01. The number of amides is 1. The largest absolute Gasteiger partial charge is 0.315 e. The Balaban J connectivity index is 1.30. The van der Waals surface area contributed by atoms with Crippen LogP contribution in [0, 0.1) is 17.1 Å². The number of nitriles is 1. The minimum Gasteiger partial charge on any atom is -0.315 e. The average Bonchev–Trinajstić information content (AvgIpc) is 3.67. The number of fused-ring (bicyclic) bond motifs is 2. The molecule has 0 aliphatic carbocycles. The highest BCUT2D eigenvalue weighted by Gasteiger charge is 2.32. The van der Waals surface area contributed by atoms with E-state index in [4.69, 9.17) is 0 Å². The summed E-state index contributed by atoms with van der Waals surface area (Å²) in [6.45, 7) is 1.44. The van der Waals surface area contributed by atoms with Gasteiger partial charge in [-0.15, -0.1) is 16.4 Å². The average molecular weight is 575 g/mol. The molecule has 1 amide bonds. The Kier molecular flexibility index (Phi) is 6.62. The molecule has 1 atom stereocenters. The van der Waals surface area contributed by atoms with Gasteiger partial charge in [0.1, 0.15) is 17.2 Å². The predicted octanol–water partition coefficient (Wildman–Crippen LogP) is 5.50. The molecule has 6 aromatic rings. The number of carbonyl (C=O) groups is 1. The third kappa shape index (κ3) is 4.56. The summed E-state index contributed by atoms with van der Waals surface area (Å²) >= 11 is 1.58. The number of carbonyl (C=O) groups excluding carboxylic acids is 1. The minimum absolute atomic E-state index is 0.0527. The molecule has 0 spiro atoms. The Labute approximate surface area is 243 Å². The van der Waals surface area contributed by atoms with Crippen LogP contribution in [0.1, 0.15) is 28.8 Å². The number of aromatic nitrogens is 5. The SMILES string of the molecule is N#Cc1ccc(-c2cc3c(N(C(=O)c4ccc(-n5nnc6cccnc65)cc4F)[C@@H]4CCCNC4)nccc3s2)cc1. The molecule has 1 N–H and O–H groups in total. The van der Waals surface area contributed by atoms with Gasteiger partial charge in [0.2, 0.25) is 0 Å². The minimum atomic E-state index is -0.665. The molecule has 0 unspecified atom stereocenters. The van der Waals surface area contributed by atoms with Crippen LogP contribution in [0.2, 0.25) is 0 Å². The van der Waals surface area contributed by atoms with E-state index >= 15 is 4.39 Å². The van der Waals surface area contributed by atoms with Crippen molar-refractivity contribution in [2.45, 2.75) is 18.9 Å². The van der Waals surface area contributed by atoms with Crippen LogP contribution >= 0.6 is 11.3 Å². The summed E-state index contributed by atoms with van der Waals surface area (Å²) in [5, 5.41) is 21.6. The smallest absolute Gasteiger partial charge is 0.262 e. The molecule has 0 radical (unpaired) electrons. The van der Waals surface area contributed by atoms with Crippen molar-refractivity contribution >= 4 is 44.3 Å². The highest BCUT2D eigenvalue weighted by atomic mass is 32.1. The number of piperidine rings is 1. The Bertz CT molecular complexity index is 1990. The third-order valence-corrected chi connectivity index (χ3v) is 8.59. The molecule has 0 bridgehead atoms. The van der Waals surface area contributed by atoms with Gasteiger partial charge < -0.3 is 5.32 Å². The van der Waals surface area contributed by atoms with Crippen LogP contribution in [0.5, 0.6) is 0 Å². The second kappa shape index (κ2) is 10.7. The van der Waals surface area contributed by atoms with Gasteiger partial charge >= 0.3 is 0 Å². The van der Waals surface area contributed by atoms with E-state index in [1.807, 2.05) is 24.3 Å². The number of halogens is 1. The fourth-order valence-electron chi connectivity index (χ4n) is 5.36. The van der Waals surface area contributed by atoms with Gasteiger partial charge in [-0.05, 0) is 73.5 Å². The number of pyridine rings is 2. The first-order valence-electron chi connectivity index (χ1n) is 13.5. The van der Waals surface area contributed by atoms with E-state index in [-0.39, 0.29) is 11.6 Å². The van der Waals surface area contributed by atoms with Crippen molar-refractivity contribution in [2.24, 2.45) is 0 Å². The lowest BCUT2D eigenvalue weighted by molar-refractivity contribution is 0.0968. The Morgan fingerprint density at radius 1 is 1.10 bits per heavy atom. The van der Waals surface area contributed by atoms with Crippen molar-refractivity contribution in [1.82, 2.24) is 30.3 Å². The van der Waals surface area contributed by atoms with Crippen molar-refractivity contribution in [1.29, 1.82) is 5.26 Å². The number of thiophene rings is 1. The van der Waals surface area contributed by atoms with Crippen molar-refractivity contribution in [3.63, 3.8) is 0 Å². The number of anilines is 1. The third-order valence-electron chi connectivity index (χ3n) is 7.44. The van der Waals surface area contributed by atoms with Crippen molar-refractivity contribution < 1.29 is 9.18 Å². The zero-order chi connectivity index (χ0) is 28.6. The molecule has 5 heterocycles. The molecule has 1 aliphatic heterocycles. The zero-order valence-corrected chi connectivity index (χ0v) is 23.1. The lowest BCUT2D eigenvalue weighted by atomic mass is 10.0. The van der Waals surface area contributed by atoms with Gasteiger partial charge in [0, 0.05) is 40.0 Å². The van der Waals surface area contributed by atoms with Crippen LogP contribution in [-0.2, 0) is 0 Å². The van der Waals surface area contributed by atoms with E-state index in [1.54, 1.807) is 59.0 Å². The van der Waals surface area contributed by atoms with Gasteiger partial charge in [-0.25, -0.2) is 14.4 Å². The first kappa shape index (κ1) is 25.9. The molecule has 9 nitrogen and oxygen atoms in total. The predicted molar refractivity (Wildman–Crippen MR) is 159 cm³/mol. The monoisotopic (exact) mass is 574 g/mol. The van der Waals surface area contributed by atoms with Crippen molar-refractivity contribution in [3.05, 3.63) is 96.1 Å². The molecular weight excluding hydrogens is 551 g/mol. The van der Waals surface area contributed by atoms with Crippen molar-refractivity contribution in [3.8, 4) is 22.2 Å². The van der Waals surface area contributed by atoms with Crippen LogP contribution in [0.4, 0.5) is 10.2 Å². The van der Waals surface area contributed by atoms with Gasteiger partial charge in [-0.2, -0.15) is 9.94 Å². The van der Waals surface area contributed by atoms with E-state index < -0.39 is 11.7 Å². The van der Waals surface area contributed by atoms with E-state index in [1.165, 1.54) is 16.8 Å². The molecule has 2 aromatic carbocycles. The van der Waals surface area contributed by atoms with Crippen molar-refractivity contribution in [2.75, 3.05) is 18.0 Å². The van der Waals surface area contributed by atoms with Crippen LogP contribution in [0.15, 0.2) is 79.1 Å². The summed E-state index contributed by atoms with van der Waals surface area (Å²) in [6, 6.07) is 21.2. The number of hydrogen-bond donors (Lipinski definition) is 1. The maximum atomic E-state index is 15.8.